The third-order valence-electron chi connectivity index (χ3n) is 7.57. The van der Waals surface area contributed by atoms with Gasteiger partial charge in [0.1, 0.15) is 18.1 Å². The molecule has 0 aliphatic carbocycles. The lowest BCUT2D eigenvalue weighted by Crippen LogP contribution is -2.52. The predicted octanol–water partition coefficient (Wildman–Crippen LogP) is 6.75. The number of piperidine rings is 2. The van der Waals surface area contributed by atoms with E-state index in [1.165, 1.54) is 83.1 Å². The van der Waals surface area contributed by atoms with Gasteiger partial charge in [0.25, 0.3) is 0 Å². The Kier molecular flexibility index (Phi) is 10.1. The summed E-state index contributed by atoms with van der Waals surface area (Å²) in [5.74, 6) is 2.61. The van der Waals surface area contributed by atoms with Crippen LogP contribution in [0, 0.1) is 5.92 Å². The fraction of sp³-hybridized carbons (Fsp3) is 0.600. The molecule has 186 valence electrons. The smallest absolute Gasteiger partial charge is 0.120 e. The number of likely N-dealkylation sites (tertiary alicyclic amines) is 2. The van der Waals surface area contributed by atoms with Crippen LogP contribution in [0.1, 0.15) is 70.3 Å². The Bertz CT molecular complexity index is 796. The molecule has 0 radical (unpaired) electrons. The quantitative estimate of drug-likeness (QED) is 0.347. The van der Waals surface area contributed by atoms with Gasteiger partial charge in [-0.05, 0) is 100 Å². The highest BCUT2D eigenvalue weighted by molar-refractivity contribution is 5.31. The molecule has 2 heterocycles. The monoisotopic (exact) mass is 464 g/mol. The van der Waals surface area contributed by atoms with Crippen molar-refractivity contribution in [1.29, 1.82) is 0 Å². The molecule has 2 aromatic rings. The van der Waals surface area contributed by atoms with Crippen LogP contribution in [0.2, 0.25) is 0 Å². The maximum atomic E-state index is 6.07. The van der Waals surface area contributed by atoms with Crippen LogP contribution in [0.15, 0.2) is 54.6 Å². The average Bonchev–Trinajstić information content (AvgIpc) is 2.90. The van der Waals surface area contributed by atoms with Crippen LogP contribution < -0.4 is 9.47 Å². The topological polar surface area (TPSA) is 24.9 Å². The van der Waals surface area contributed by atoms with Crippen molar-refractivity contribution in [3.8, 4) is 11.5 Å². The Balaban J connectivity index is 1.15. The molecule has 1 atom stereocenters. The van der Waals surface area contributed by atoms with Gasteiger partial charge in [-0.1, -0.05) is 56.5 Å². The predicted molar refractivity (Wildman–Crippen MR) is 140 cm³/mol. The summed E-state index contributed by atoms with van der Waals surface area (Å²) in [6.45, 7) is 8.84. The molecule has 2 fully saturated rings. The molecule has 4 nitrogen and oxygen atoms in total. The first-order chi connectivity index (χ1) is 16.8. The molecule has 2 aliphatic heterocycles. The number of unbranched alkanes of at least 4 members (excludes halogenated alkanes) is 1. The molecule has 2 aliphatic rings. The van der Waals surface area contributed by atoms with Crippen LogP contribution in [0.5, 0.6) is 11.5 Å². The van der Waals surface area contributed by atoms with Gasteiger partial charge in [0, 0.05) is 0 Å². The van der Waals surface area contributed by atoms with Crippen molar-refractivity contribution in [1.82, 2.24) is 9.80 Å². The molecule has 0 spiro atoms. The number of hydrogen-bond donors (Lipinski definition) is 0. The van der Waals surface area contributed by atoms with Crippen LogP contribution >= 0.6 is 0 Å². The molecular formula is C30H44N2O2. The Hall–Kier alpha value is -2.04. The van der Waals surface area contributed by atoms with Gasteiger partial charge in [-0.15, -0.1) is 0 Å². The van der Waals surface area contributed by atoms with Crippen LogP contribution in [0.25, 0.3) is 0 Å². The van der Waals surface area contributed by atoms with Gasteiger partial charge < -0.3 is 9.47 Å². The molecule has 0 N–H and O–H groups in total. The minimum absolute atomic E-state index is 0.594. The van der Waals surface area contributed by atoms with Crippen molar-refractivity contribution >= 4 is 0 Å². The molecule has 4 rings (SSSR count). The van der Waals surface area contributed by atoms with Crippen LogP contribution in [0.4, 0.5) is 0 Å². The average molecular weight is 465 g/mol. The van der Waals surface area contributed by atoms with E-state index in [0.29, 0.717) is 12.8 Å². The summed E-state index contributed by atoms with van der Waals surface area (Å²) < 4.78 is 12.0. The Morgan fingerprint density at radius 2 is 1.44 bits per heavy atom. The van der Waals surface area contributed by atoms with E-state index in [4.69, 9.17) is 9.47 Å². The minimum atomic E-state index is 0.594. The molecule has 0 amide bonds. The SMILES string of the molecule is CCCCC(N1CCCCC1)N1CCC(CCOc2ccc(OCc3ccccc3)cc2)CC1. The summed E-state index contributed by atoms with van der Waals surface area (Å²) in [6, 6.07) is 18.3. The van der Waals surface area contributed by atoms with E-state index in [0.717, 1.165) is 30.4 Å². The number of nitrogens with zero attached hydrogens (tertiary/aromatic N) is 2. The Labute approximate surface area is 207 Å². The Morgan fingerprint density at radius 3 is 2.12 bits per heavy atom. The molecule has 34 heavy (non-hydrogen) atoms. The molecule has 2 aromatic carbocycles. The normalized spacial score (nSPS) is 19.1. The van der Waals surface area contributed by atoms with E-state index >= 15 is 0 Å². The first kappa shape index (κ1) is 25.1. The van der Waals surface area contributed by atoms with Gasteiger partial charge in [0.05, 0.1) is 12.8 Å². The summed E-state index contributed by atoms with van der Waals surface area (Å²) in [4.78, 5) is 5.59. The highest BCUT2D eigenvalue weighted by Gasteiger charge is 2.29. The zero-order chi connectivity index (χ0) is 23.4. The maximum absolute atomic E-state index is 6.07. The van der Waals surface area contributed by atoms with E-state index < -0.39 is 0 Å². The highest BCUT2D eigenvalue weighted by atomic mass is 16.5. The van der Waals surface area contributed by atoms with Gasteiger partial charge in [-0.2, -0.15) is 0 Å². The third kappa shape index (κ3) is 7.74. The zero-order valence-electron chi connectivity index (χ0n) is 21.2. The van der Waals surface area contributed by atoms with Crippen LogP contribution in [0.3, 0.4) is 0 Å². The lowest BCUT2D eigenvalue weighted by Gasteiger charge is -2.44. The second kappa shape index (κ2) is 13.7. The third-order valence-corrected chi connectivity index (χ3v) is 7.57. The van der Waals surface area contributed by atoms with Gasteiger partial charge in [0.2, 0.25) is 0 Å². The van der Waals surface area contributed by atoms with E-state index in [1.54, 1.807) is 0 Å². The van der Waals surface area contributed by atoms with E-state index in [-0.39, 0.29) is 0 Å². The molecule has 0 aromatic heterocycles. The first-order valence-corrected chi connectivity index (χ1v) is 13.7. The first-order valence-electron chi connectivity index (χ1n) is 13.7. The second-order valence-electron chi connectivity index (χ2n) is 10.1. The van der Waals surface area contributed by atoms with E-state index in [9.17, 15) is 0 Å². The molecule has 2 saturated heterocycles. The number of benzene rings is 2. The molecule has 0 bridgehead atoms. The van der Waals surface area contributed by atoms with Crippen molar-refractivity contribution in [3.63, 3.8) is 0 Å². The number of rotatable bonds is 12. The maximum Gasteiger partial charge on any atom is 0.120 e. The van der Waals surface area contributed by atoms with E-state index in [1.807, 2.05) is 42.5 Å². The molecule has 1 unspecified atom stereocenters. The molecule has 0 saturated carbocycles. The summed E-state index contributed by atoms with van der Waals surface area (Å²) in [6.07, 6.45) is 12.6. The van der Waals surface area contributed by atoms with Gasteiger partial charge in [-0.3, -0.25) is 9.80 Å². The molecular weight excluding hydrogens is 420 g/mol. The summed E-state index contributed by atoms with van der Waals surface area (Å²) in [5, 5.41) is 0. The second-order valence-corrected chi connectivity index (χ2v) is 10.1. The van der Waals surface area contributed by atoms with Crippen molar-refractivity contribution in [2.24, 2.45) is 5.92 Å². The Morgan fingerprint density at radius 1 is 0.794 bits per heavy atom. The van der Waals surface area contributed by atoms with Crippen molar-refractivity contribution < 1.29 is 9.47 Å². The standard InChI is InChI=1S/C30H44N2O2/c1-2-3-12-30(31-20-8-5-9-21-31)32-22-17-26(18-23-32)19-24-33-28-13-15-29(16-14-28)34-25-27-10-6-4-7-11-27/h4,6-7,10-11,13-16,26,30H,2-3,5,8-9,12,17-25H2,1H3. The zero-order valence-corrected chi connectivity index (χ0v) is 21.2. The highest BCUT2D eigenvalue weighted by Crippen LogP contribution is 2.27. The van der Waals surface area contributed by atoms with Gasteiger partial charge >= 0.3 is 0 Å². The van der Waals surface area contributed by atoms with Crippen LogP contribution in [-0.4, -0.2) is 48.8 Å². The fourth-order valence-corrected chi connectivity index (χ4v) is 5.46. The lowest BCUT2D eigenvalue weighted by molar-refractivity contribution is -0.0000330. The van der Waals surface area contributed by atoms with E-state index in [2.05, 4.69) is 28.9 Å². The number of hydrogen-bond acceptors (Lipinski definition) is 4. The summed E-state index contributed by atoms with van der Waals surface area (Å²) >= 11 is 0. The minimum Gasteiger partial charge on any atom is -0.494 e. The number of ether oxygens (including phenoxy) is 2. The fourth-order valence-electron chi connectivity index (χ4n) is 5.46. The summed E-state index contributed by atoms with van der Waals surface area (Å²) in [5.41, 5.74) is 1.18. The van der Waals surface area contributed by atoms with Gasteiger partial charge in [0.15, 0.2) is 0 Å². The lowest BCUT2D eigenvalue weighted by atomic mass is 9.93. The summed E-state index contributed by atoms with van der Waals surface area (Å²) in [7, 11) is 0. The molecule has 4 heteroatoms. The largest absolute Gasteiger partial charge is 0.494 e. The van der Waals surface area contributed by atoms with Crippen molar-refractivity contribution in [2.45, 2.75) is 77.5 Å². The van der Waals surface area contributed by atoms with Crippen molar-refractivity contribution in [2.75, 3.05) is 32.8 Å². The van der Waals surface area contributed by atoms with Gasteiger partial charge in [-0.25, -0.2) is 0 Å². The van der Waals surface area contributed by atoms with Crippen molar-refractivity contribution in [3.05, 3.63) is 60.2 Å². The van der Waals surface area contributed by atoms with Crippen LogP contribution in [-0.2, 0) is 6.61 Å².